The van der Waals surface area contributed by atoms with Crippen molar-refractivity contribution in [3.63, 3.8) is 0 Å². The van der Waals surface area contributed by atoms with Crippen molar-refractivity contribution in [2.24, 2.45) is 0 Å². The molecule has 2 N–H and O–H groups in total. The molecule has 9 nitrogen and oxygen atoms in total. The molecule has 37 heavy (non-hydrogen) atoms. The number of hydrogen-bond acceptors (Lipinski definition) is 8. The van der Waals surface area contributed by atoms with Crippen LogP contribution in [0.5, 0.6) is 11.5 Å². The monoisotopic (exact) mass is 497 g/mol. The van der Waals surface area contributed by atoms with Gasteiger partial charge in [0.15, 0.2) is 0 Å². The highest BCUT2D eigenvalue weighted by atomic mass is 19.1. The number of rotatable bonds is 4. The van der Waals surface area contributed by atoms with Crippen molar-refractivity contribution in [1.82, 2.24) is 15.0 Å². The number of nitrogens with zero attached hydrogens (tertiary/aromatic N) is 3. The maximum Gasteiger partial charge on any atom is 0.344 e. The van der Waals surface area contributed by atoms with Gasteiger partial charge in [-0.15, -0.1) is 5.10 Å². The Morgan fingerprint density at radius 3 is 1.81 bits per heavy atom. The number of benzene rings is 3. The summed E-state index contributed by atoms with van der Waals surface area (Å²) in [6, 6.07) is 18.1. The minimum atomic E-state index is -1.42. The van der Waals surface area contributed by atoms with E-state index in [-0.39, 0.29) is 38.8 Å². The fourth-order valence-electron chi connectivity index (χ4n) is 4.37. The van der Waals surface area contributed by atoms with E-state index in [0.29, 0.717) is 5.69 Å². The van der Waals surface area contributed by atoms with Gasteiger partial charge < -0.3 is 19.0 Å². The van der Waals surface area contributed by atoms with Crippen molar-refractivity contribution in [3.05, 3.63) is 122 Å². The van der Waals surface area contributed by atoms with Gasteiger partial charge in [0.2, 0.25) is 0 Å². The molecule has 3 aromatic carbocycles. The maximum absolute atomic E-state index is 13.4. The molecule has 0 aliphatic heterocycles. The summed E-state index contributed by atoms with van der Waals surface area (Å²) in [6.07, 6.45) is 1.40. The van der Waals surface area contributed by atoms with E-state index in [2.05, 4.69) is 10.3 Å². The van der Waals surface area contributed by atoms with E-state index in [1.165, 1.54) is 47.3 Å². The summed E-state index contributed by atoms with van der Waals surface area (Å²) < 4.78 is 25.6. The van der Waals surface area contributed by atoms with Gasteiger partial charge in [-0.1, -0.05) is 29.5 Å². The second kappa shape index (κ2) is 8.45. The Morgan fingerprint density at radius 1 is 0.757 bits per heavy atom. The molecule has 0 atom stereocenters. The molecule has 0 spiro atoms. The van der Waals surface area contributed by atoms with Crippen LogP contribution in [-0.2, 0) is 0 Å². The van der Waals surface area contributed by atoms with E-state index in [9.17, 15) is 24.2 Å². The minimum Gasteiger partial charge on any atom is -0.507 e. The average molecular weight is 497 g/mol. The normalized spacial score (nSPS) is 11.5. The van der Waals surface area contributed by atoms with E-state index in [1.54, 1.807) is 36.4 Å². The fraction of sp³-hybridized carbons (Fsp3) is 0.0370. The topological polar surface area (TPSA) is 132 Å². The Bertz CT molecular complexity index is 1820. The maximum atomic E-state index is 13.4. The second-order valence-corrected chi connectivity index (χ2v) is 8.29. The molecule has 0 amide bonds. The highest BCUT2D eigenvalue weighted by molar-refractivity contribution is 5.86. The van der Waals surface area contributed by atoms with E-state index >= 15 is 0 Å². The van der Waals surface area contributed by atoms with Crippen LogP contribution in [0.3, 0.4) is 0 Å². The number of para-hydroxylation sites is 2. The van der Waals surface area contributed by atoms with E-state index in [1.807, 2.05) is 0 Å². The van der Waals surface area contributed by atoms with Gasteiger partial charge in [-0.3, -0.25) is 0 Å². The lowest BCUT2D eigenvalue weighted by Gasteiger charge is -2.17. The molecule has 0 fully saturated rings. The predicted octanol–water partition coefficient (Wildman–Crippen LogP) is 4.21. The molecule has 3 aromatic heterocycles. The van der Waals surface area contributed by atoms with E-state index < -0.39 is 34.5 Å². The molecule has 0 saturated carbocycles. The molecule has 182 valence electrons. The third-order valence-corrected chi connectivity index (χ3v) is 6.12. The number of halogens is 1. The first-order chi connectivity index (χ1) is 17.9. The minimum absolute atomic E-state index is 0.0279. The van der Waals surface area contributed by atoms with Crippen LogP contribution in [0.4, 0.5) is 4.39 Å². The first kappa shape index (κ1) is 22.2. The zero-order valence-corrected chi connectivity index (χ0v) is 18.8. The van der Waals surface area contributed by atoms with Crippen LogP contribution in [0.1, 0.15) is 22.7 Å². The quantitative estimate of drug-likeness (QED) is 0.346. The molecular weight excluding hydrogens is 481 g/mol. The van der Waals surface area contributed by atoms with Gasteiger partial charge in [-0.25, -0.2) is 18.7 Å². The largest absolute Gasteiger partial charge is 0.507 e. The van der Waals surface area contributed by atoms with Gasteiger partial charge in [-0.2, -0.15) is 0 Å². The summed E-state index contributed by atoms with van der Waals surface area (Å²) >= 11 is 0. The summed E-state index contributed by atoms with van der Waals surface area (Å²) in [5.74, 6) is -2.75. The van der Waals surface area contributed by atoms with Crippen LogP contribution in [0, 0.1) is 5.82 Å². The molecule has 3 heterocycles. The molecule has 6 rings (SSSR count). The molecule has 0 aliphatic carbocycles. The summed E-state index contributed by atoms with van der Waals surface area (Å²) in [4.78, 5) is 26.4. The zero-order chi connectivity index (χ0) is 25.7. The summed E-state index contributed by atoms with van der Waals surface area (Å²) in [5, 5.41) is 31.0. The average Bonchev–Trinajstić information content (AvgIpc) is 3.38. The third-order valence-electron chi connectivity index (χ3n) is 6.12. The van der Waals surface area contributed by atoms with Crippen molar-refractivity contribution >= 4 is 21.9 Å². The van der Waals surface area contributed by atoms with Crippen molar-refractivity contribution in [3.8, 4) is 17.2 Å². The van der Waals surface area contributed by atoms with Crippen LogP contribution >= 0.6 is 0 Å². The number of hydrogen-bond donors (Lipinski definition) is 2. The molecular formula is C27H16FN3O6. The molecule has 0 saturated heterocycles. The SMILES string of the molecule is O=c1oc2ccccc2c(O)c1C(c1cn(-c2ccc(F)cc2)nn1)c1c(O)c2ccccc2oc1=O. The van der Waals surface area contributed by atoms with Crippen LogP contribution in [0.25, 0.3) is 27.6 Å². The smallest absolute Gasteiger partial charge is 0.344 e. The highest BCUT2D eigenvalue weighted by Gasteiger charge is 2.34. The lowest BCUT2D eigenvalue weighted by atomic mass is 9.88. The summed E-state index contributed by atoms with van der Waals surface area (Å²) in [6.45, 7) is 0. The summed E-state index contributed by atoms with van der Waals surface area (Å²) in [5.41, 5.74) is -1.79. The van der Waals surface area contributed by atoms with Crippen LogP contribution in [0.15, 0.2) is 97.4 Å². The Labute approximate surface area is 206 Å². The Hall–Kier alpha value is -5.25. The van der Waals surface area contributed by atoms with Crippen LogP contribution in [-0.4, -0.2) is 25.2 Å². The lowest BCUT2D eigenvalue weighted by Crippen LogP contribution is -2.21. The van der Waals surface area contributed by atoms with E-state index in [4.69, 9.17) is 8.83 Å². The van der Waals surface area contributed by atoms with Crippen molar-refractivity contribution in [2.75, 3.05) is 0 Å². The Balaban J connectivity index is 1.66. The summed E-state index contributed by atoms with van der Waals surface area (Å²) in [7, 11) is 0. The zero-order valence-electron chi connectivity index (χ0n) is 18.8. The van der Waals surface area contributed by atoms with Gasteiger partial charge in [-0.05, 0) is 48.5 Å². The van der Waals surface area contributed by atoms with Crippen molar-refractivity contribution in [1.29, 1.82) is 0 Å². The first-order valence-electron chi connectivity index (χ1n) is 11.1. The molecule has 0 radical (unpaired) electrons. The predicted molar refractivity (Wildman–Crippen MR) is 131 cm³/mol. The lowest BCUT2D eigenvalue weighted by molar-refractivity contribution is 0.440. The molecule has 0 bridgehead atoms. The molecule has 10 heteroatoms. The van der Waals surface area contributed by atoms with Gasteiger partial charge >= 0.3 is 11.3 Å². The molecule has 0 aliphatic rings. The second-order valence-electron chi connectivity index (χ2n) is 8.29. The number of fused-ring (bicyclic) bond motifs is 2. The van der Waals surface area contributed by atoms with Gasteiger partial charge in [0.1, 0.15) is 28.5 Å². The van der Waals surface area contributed by atoms with Crippen molar-refractivity contribution in [2.45, 2.75) is 5.92 Å². The first-order valence-corrected chi connectivity index (χ1v) is 11.1. The Morgan fingerprint density at radius 2 is 1.27 bits per heavy atom. The van der Waals surface area contributed by atoms with Gasteiger partial charge in [0.05, 0.1) is 45.4 Å². The molecule has 0 unspecified atom stereocenters. The Kier molecular flexibility index (Phi) is 5.08. The van der Waals surface area contributed by atoms with E-state index in [0.717, 1.165) is 0 Å². The standard InChI is InChI=1S/C27H16FN3O6/c28-14-9-11-15(12-10-14)31-13-18(29-30-31)21(22-24(32)16-5-1-3-7-19(16)36-26(22)34)23-25(33)17-6-2-4-8-20(17)37-27(23)35/h1-13,21,32-33H. The number of aromatic nitrogens is 3. The van der Waals surface area contributed by atoms with Gasteiger partial charge in [0.25, 0.3) is 0 Å². The van der Waals surface area contributed by atoms with Crippen molar-refractivity contribution < 1.29 is 23.4 Å². The van der Waals surface area contributed by atoms with Crippen LogP contribution in [0.2, 0.25) is 0 Å². The fourth-order valence-corrected chi connectivity index (χ4v) is 4.37. The molecule has 6 aromatic rings. The third kappa shape index (κ3) is 3.62. The van der Waals surface area contributed by atoms with Crippen LogP contribution < -0.4 is 11.3 Å². The van der Waals surface area contributed by atoms with Gasteiger partial charge in [0, 0.05) is 0 Å². The number of aromatic hydroxyl groups is 2. The highest BCUT2D eigenvalue weighted by Crippen LogP contribution is 2.41.